The van der Waals surface area contributed by atoms with Crippen molar-refractivity contribution in [2.24, 2.45) is 0 Å². The number of carbonyl (C=O) groups excluding carboxylic acids is 1. The summed E-state index contributed by atoms with van der Waals surface area (Å²) in [6.07, 6.45) is 0.764. The molecule has 3 aromatic rings. The van der Waals surface area contributed by atoms with Crippen LogP contribution in [0.4, 0.5) is 10.3 Å². The Kier molecular flexibility index (Phi) is 6.85. The summed E-state index contributed by atoms with van der Waals surface area (Å²) in [6, 6.07) is 15.6. The molecule has 1 fully saturated rings. The highest BCUT2D eigenvalue weighted by molar-refractivity contribution is 5.94. The number of nitrogens with zero attached hydrogens (tertiary/aromatic N) is 3. The first kappa shape index (κ1) is 22.0. The molecule has 1 amide bonds. The molecule has 0 radical (unpaired) electrons. The molecule has 168 valence electrons. The number of aromatic nitrogens is 1. The molecule has 2 aromatic carbocycles. The molecule has 2 heterocycles. The van der Waals surface area contributed by atoms with Crippen LogP contribution in [0.5, 0.6) is 0 Å². The molecule has 0 aliphatic carbocycles. The van der Waals surface area contributed by atoms with Gasteiger partial charge in [-0.1, -0.05) is 48.5 Å². The normalized spacial score (nSPS) is 14.9. The van der Waals surface area contributed by atoms with Gasteiger partial charge in [-0.15, -0.1) is 0 Å². The van der Waals surface area contributed by atoms with E-state index in [2.05, 4.69) is 10.1 Å². The van der Waals surface area contributed by atoms with Gasteiger partial charge in [-0.25, -0.2) is 4.39 Å². The minimum atomic E-state index is -0.427. The fourth-order valence-corrected chi connectivity index (χ4v) is 3.89. The third-order valence-corrected chi connectivity index (χ3v) is 5.90. The lowest BCUT2D eigenvalue weighted by Gasteiger charge is -2.31. The molecule has 1 aromatic heterocycles. The van der Waals surface area contributed by atoms with E-state index in [1.165, 1.54) is 12.1 Å². The molecule has 0 bridgehead atoms. The SMILES string of the molecule is CC[C@H](C)N(Cc1c(-c2ccccc2)noc1N1CCOCC1)C(=O)c1cccc(F)c1. The van der Waals surface area contributed by atoms with Crippen molar-refractivity contribution in [1.29, 1.82) is 0 Å². The van der Waals surface area contributed by atoms with Crippen LogP contribution in [0, 0.1) is 5.82 Å². The summed E-state index contributed by atoms with van der Waals surface area (Å²) < 4.78 is 25.2. The Hall–Kier alpha value is -3.19. The first-order valence-corrected chi connectivity index (χ1v) is 11.0. The fraction of sp³-hybridized carbons (Fsp3) is 0.360. The second-order valence-electron chi connectivity index (χ2n) is 7.98. The fourth-order valence-electron chi connectivity index (χ4n) is 3.89. The highest BCUT2D eigenvalue weighted by Crippen LogP contribution is 2.34. The zero-order valence-electron chi connectivity index (χ0n) is 18.5. The molecular weight excluding hydrogens is 409 g/mol. The van der Waals surface area contributed by atoms with E-state index in [0.29, 0.717) is 50.0 Å². The Balaban J connectivity index is 1.75. The van der Waals surface area contributed by atoms with Crippen LogP contribution in [0.25, 0.3) is 11.3 Å². The maximum Gasteiger partial charge on any atom is 0.254 e. The molecule has 0 spiro atoms. The van der Waals surface area contributed by atoms with Crippen molar-refractivity contribution in [1.82, 2.24) is 10.1 Å². The maximum atomic E-state index is 13.8. The van der Waals surface area contributed by atoms with Gasteiger partial charge in [0.05, 0.1) is 25.3 Å². The largest absolute Gasteiger partial charge is 0.378 e. The molecule has 0 unspecified atom stereocenters. The van der Waals surface area contributed by atoms with Gasteiger partial charge in [-0.3, -0.25) is 4.79 Å². The van der Waals surface area contributed by atoms with Crippen molar-refractivity contribution in [2.45, 2.75) is 32.9 Å². The number of anilines is 1. The monoisotopic (exact) mass is 437 g/mol. The van der Waals surface area contributed by atoms with E-state index < -0.39 is 5.82 Å². The van der Waals surface area contributed by atoms with Gasteiger partial charge in [0.25, 0.3) is 5.91 Å². The Morgan fingerprint density at radius 2 is 1.91 bits per heavy atom. The van der Waals surface area contributed by atoms with Crippen LogP contribution in [0.15, 0.2) is 59.1 Å². The number of benzene rings is 2. The molecule has 1 aliphatic rings. The molecular formula is C25H28FN3O3. The summed E-state index contributed by atoms with van der Waals surface area (Å²) in [5.74, 6) is 0.0170. The maximum absolute atomic E-state index is 13.8. The zero-order chi connectivity index (χ0) is 22.5. The number of hydrogen-bond donors (Lipinski definition) is 0. The van der Waals surface area contributed by atoms with Gasteiger partial charge in [0.1, 0.15) is 11.5 Å². The molecule has 32 heavy (non-hydrogen) atoms. The van der Waals surface area contributed by atoms with E-state index in [1.807, 2.05) is 44.2 Å². The van der Waals surface area contributed by atoms with E-state index in [4.69, 9.17) is 9.26 Å². The van der Waals surface area contributed by atoms with Crippen molar-refractivity contribution >= 4 is 11.8 Å². The summed E-state index contributed by atoms with van der Waals surface area (Å²) in [6.45, 7) is 6.95. The summed E-state index contributed by atoms with van der Waals surface area (Å²) in [5, 5.41) is 4.39. The third-order valence-electron chi connectivity index (χ3n) is 5.90. The molecule has 1 aliphatic heterocycles. The van der Waals surface area contributed by atoms with Crippen molar-refractivity contribution in [3.8, 4) is 11.3 Å². The van der Waals surface area contributed by atoms with Crippen molar-refractivity contribution in [3.05, 3.63) is 71.5 Å². The molecule has 6 nitrogen and oxygen atoms in total. The predicted molar refractivity (Wildman–Crippen MR) is 121 cm³/mol. The third kappa shape index (κ3) is 4.67. The van der Waals surface area contributed by atoms with Crippen LogP contribution in [-0.4, -0.2) is 48.3 Å². The van der Waals surface area contributed by atoms with Crippen LogP contribution in [-0.2, 0) is 11.3 Å². The Bertz CT molecular complexity index is 1050. The van der Waals surface area contributed by atoms with Gasteiger partial charge in [0.15, 0.2) is 0 Å². The Morgan fingerprint density at radius 1 is 1.16 bits per heavy atom. The van der Waals surface area contributed by atoms with Gasteiger partial charge in [0, 0.05) is 30.3 Å². The number of rotatable bonds is 7. The summed E-state index contributed by atoms with van der Waals surface area (Å²) >= 11 is 0. The van der Waals surface area contributed by atoms with Gasteiger partial charge in [-0.05, 0) is 31.5 Å². The van der Waals surface area contributed by atoms with E-state index in [1.54, 1.807) is 17.0 Å². The average molecular weight is 438 g/mol. The quantitative estimate of drug-likeness (QED) is 0.534. The number of carbonyl (C=O) groups is 1. The number of hydrogen-bond acceptors (Lipinski definition) is 5. The molecule has 0 saturated carbocycles. The lowest BCUT2D eigenvalue weighted by Crippen LogP contribution is -2.39. The molecule has 1 atom stereocenters. The van der Waals surface area contributed by atoms with E-state index in [0.717, 1.165) is 17.5 Å². The van der Waals surface area contributed by atoms with Crippen LogP contribution < -0.4 is 4.90 Å². The standard InChI is InChI=1S/C25H28FN3O3/c1-3-18(2)29(24(30)20-10-7-11-21(26)16-20)17-22-23(19-8-5-4-6-9-19)27-32-25(22)28-12-14-31-15-13-28/h4-11,16,18H,3,12-15,17H2,1-2H3/t18-/m0/s1. The summed E-state index contributed by atoms with van der Waals surface area (Å²) in [7, 11) is 0. The van der Waals surface area contributed by atoms with Gasteiger partial charge in [0.2, 0.25) is 5.88 Å². The highest BCUT2D eigenvalue weighted by atomic mass is 19.1. The predicted octanol–water partition coefficient (Wildman–Crippen LogP) is 4.76. The average Bonchev–Trinajstić information content (AvgIpc) is 3.26. The number of morpholine rings is 1. The molecule has 0 N–H and O–H groups in total. The van der Waals surface area contributed by atoms with E-state index >= 15 is 0 Å². The number of halogens is 1. The second-order valence-corrected chi connectivity index (χ2v) is 7.98. The van der Waals surface area contributed by atoms with Gasteiger partial charge in [-0.2, -0.15) is 0 Å². The van der Waals surface area contributed by atoms with Crippen LogP contribution in [0.1, 0.15) is 36.2 Å². The Morgan fingerprint density at radius 3 is 2.59 bits per heavy atom. The first-order chi connectivity index (χ1) is 15.6. The van der Waals surface area contributed by atoms with E-state index in [9.17, 15) is 9.18 Å². The molecule has 1 saturated heterocycles. The van der Waals surface area contributed by atoms with Crippen LogP contribution in [0.2, 0.25) is 0 Å². The highest BCUT2D eigenvalue weighted by Gasteiger charge is 2.29. The topological polar surface area (TPSA) is 58.8 Å². The van der Waals surface area contributed by atoms with Gasteiger partial charge < -0.3 is 19.1 Å². The van der Waals surface area contributed by atoms with E-state index in [-0.39, 0.29) is 11.9 Å². The summed E-state index contributed by atoms with van der Waals surface area (Å²) in [4.78, 5) is 17.3. The number of amides is 1. The van der Waals surface area contributed by atoms with Crippen molar-refractivity contribution < 1.29 is 18.4 Å². The van der Waals surface area contributed by atoms with Crippen molar-refractivity contribution in [3.63, 3.8) is 0 Å². The van der Waals surface area contributed by atoms with Crippen molar-refractivity contribution in [2.75, 3.05) is 31.2 Å². The molecule has 4 rings (SSSR count). The minimum absolute atomic E-state index is 0.0539. The zero-order valence-corrected chi connectivity index (χ0v) is 18.5. The lowest BCUT2D eigenvalue weighted by atomic mass is 10.0. The van der Waals surface area contributed by atoms with Crippen LogP contribution in [0.3, 0.4) is 0 Å². The van der Waals surface area contributed by atoms with Gasteiger partial charge >= 0.3 is 0 Å². The smallest absolute Gasteiger partial charge is 0.254 e. The minimum Gasteiger partial charge on any atom is -0.378 e. The lowest BCUT2D eigenvalue weighted by molar-refractivity contribution is 0.0671. The summed E-state index contributed by atoms with van der Waals surface area (Å²) in [5.41, 5.74) is 2.82. The van der Waals surface area contributed by atoms with Crippen LogP contribution >= 0.6 is 0 Å². The first-order valence-electron chi connectivity index (χ1n) is 11.0. The number of ether oxygens (including phenoxy) is 1. The Labute approximate surface area is 187 Å². The molecule has 7 heteroatoms. The second kappa shape index (κ2) is 9.96.